The van der Waals surface area contributed by atoms with Crippen LogP contribution >= 0.6 is 0 Å². The minimum Gasteiger partial charge on any atom is -0.488 e. The van der Waals surface area contributed by atoms with E-state index < -0.39 is 15.9 Å². The van der Waals surface area contributed by atoms with E-state index in [2.05, 4.69) is 10.3 Å². The molecule has 0 saturated carbocycles. The van der Waals surface area contributed by atoms with Gasteiger partial charge in [-0.25, -0.2) is 13.2 Å². The second-order valence-electron chi connectivity index (χ2n) is 8.87. The van der Waals surface area contributed by atoms with Gasteiger partial charge in [-0.1, -0.05) is 12.1 Å². The number of aromatic amines is 1. The van der Waals surface area contributed by atoms with Crippen LogP contribution in [0.3, 0.4) is 0 Å². The second-order valence-corrected chi connectivity index (χ2v) is 10.9. The smallest absolute Gasteiger partial charge is 0.328 e. The van der Waals surface area contributed by atoms with Crippen LogP contribution < -0.4 is 20.5 Å². The fraction of sp³-hybridized carbons (Fsp3) is 0.192. The summed E-state index contributed by atoms with van der Waals surface area (Å²) in [6.45, 7) is 0.418. The van der Waals surface area contributed by atoms with Crippen molar-refractivity contribution in [1.82, 2.24) is 14.9 Å². The third-order valence-corrected chi connectivity index (χ3v) is 7.34. The number of nitrogens with one attached hydrogen (secondary N) is 2. The van der Waals surface area contributed by atoms with E-state index in [-0.39, 0.29) is 35.9 Å². The topological polar surface area (TPSA) is 131 Å². The summed E-state index contributed by atoms with van der Waals surface area (Å²) >= 11 is 0. The zero-order valence-corrected chi connectivity index (χ0v) is 21.0. The number of nitrogens with zero attached hydrogens (tertiary/aromatic N) is 2. The average molecular weight is 521 g/mol. The van der Waals surface area contributed by atoms with Gasteiger partial charge in [0.05, 0.1) is 4.90 Å². The maximum absolute atomic E-state index is 12.6. The largest absolute Gasteiger partial charge is 0.488 e. The van der Waals surface area contributed by atoms with Gasteiger partial charge in [0, 0.05) is 60.9 Å². The van der Waals surface area contributed by atoms with Gasteiger partial charge in [-0.3, -0.25) is 19.8 Å². The lowest BCUT2D eigenvalue weighted by Gasteiger charge is -2.26. The van der Waals surface area contributed by atoms with Crippen molar-refractivity contribution in [2.75, 3.05) is 17.7 Å². The number of anilines is 1. The molecule has 0 unspecified atom stereocenters. The lowest BCUT2D eigenvalue weighted by atomic mass is 10.0. The van der Waals surface area contributed by atoms with Crippen molar-refractivity contribution in [2.45, 2.75) is 17.9 Å². The lowest BCUT2D eigenvalue weighted by Crippen LogP contribution is -2.49. The number of ether oxygens (including phenoxy) is 1. The Hall–Kier alpha value is -4.38. The number of urea groups is 1. The molecule has 0 atom stereocenters. The predicted molar refractivity (Wildman–Crippen MR) is 138 cm³/mol. The zero-order chi connectivity index (χ0) is 26.3. The second kappa shape index (κ2) is 9.25. The van der Waals surface area contributed by atoms with Crippen LogP contribution in [0.1, 0.15) is 12.0 Å². The van der Waals surface area contributed by atoms with Gasteiger partial charge in [-0.05, 0) is 42.0 Å². The number of carbonyl (C=O) groups excluding carboxylic acids is 2. The SMILES string of the molecule is Cn1cc(-c2cc(S(C)(=O)=O)ccc2OCc2cccc(N3CCC(=O)NC3=O)c2)c2cc[nH]c2c1=O. The molecule has 0 bridgehead atoms. The highest BCUT2D eigenvalue weighted by atomic mass is 32.2. The molecule has 5 rings (SSSR count). The molecule has 2 aromatic heterocycles. The molecule has 11 heteroatoms. The van der Waals surface area contributed by atoms with Crippen molar-refractivity contribution >= 4 is 38.4 Å². The summed E-state index contributed by atoms with van der Waals surface area (Å²) in [6, 6.07) is 13.1. The van der Waals surface area contributed by atoms with Crippen LogP contribution in [-0.2, 0) is 28.3 Å². The van der Waals surface area contributed by atoms with Crippen LogP contribution in [0.25, 0.3) is 22.0 Å². The van der Waals surface area contributed by atoms with Gasteiger partial charge in [-0.15, -0.1) is 0 Å². The highest BCUT2D eigenvalue weighted by Crippen LogP contribution is 2.36. The van der Waals surface area contributed by atoms with Gasteiger partial charge < -0.3 is 14.3 Å². The van der Waals surface area contributed by atoms with E-state index in [1.165, 1.54) is 15.5 Å². The first-order valence-electron chi connectivity index (χ1n) is 11.5. The number of rotatable bonds is 6. The van der Waals surface area contributed by atoms with E-state index in [0.717, 1.165) is 11.8 Å². The molecule has 10 nitrogen and oxygen atoms in total. The van der Waals surface area contributed by atoms with Gasteiger partial charge in [-0.2, -0.15) is 0 Å². The summed E-state index contributed by atoms with van der Waals surface area (Å²) in [4.78, 5) is 40.8. The molecule has 1 aliphatic rings. The van der Waals surface area contributed by atoms with E-state index in [0.29, 0.717) is 33.5 Å². The molecule has 37 heavy (non-hydrogen) atoms. The molecule has 2 aromatic carbocycles. The highest BCUT2D eigenvalue weighted by molar-refractivity contribution is 7.90. The fourth-order valence-corrected chi connectivity index (χ4v) is 4.99. The van der Waals surface area contributed by atoms with Crippen molar-refractivity contribution in [3.8, 4) is 16.9 Å². The Bertz CT molecular complexity index is 1720. The Labute approximate surface area is 212 Å². The van der Waals surface area contributed by atoms with Crippen molar-refractivity contribution in [1.29, 1.82) is 0 Å². The minimum atomic E-state index is -3.50. The van der Waals surface area contributed by atoms with Crippen LogP contribution in [-0.4, -0.2) is 42.7 Å². The molecule has 1 saturated heterocycles. The number of aromatic nitrogens is 2. The Kier molecular flexibility index (Phi) is 6.08. The number of sulfone groups is 1. The molecule has 0 aliphatic carbocycles. The third kappa shape index (κ3) is 4.73. The number of hydrogen-bond acceptors (Lipinski definition) is 6. The number of imide groups is 1. The number of fused-ring (bicyclic) bond motifs is 1. The molecule has 190 valence electrons. The first kappa shape index (κ1) is 24.3. The normalized spacial score (nSPS) is 14.2. The van der Waals surface area contributed by atoms with Crippen LogP contribution in [0, 0.1) is 0 Å². The molecule has 4 aromatic rings. The van der Waals surface area contributed by atoms with E-state index >= 15 is 0 Å². The molecule has 3 heterocycles. The fourth-order valence-electron chi connectivity index (χ4n) is 4.35. The molecule has 1 fully saturated rings. The number of amides is 3. The molecular formula is C26H24N4O6S. The lowest BCUT2D eigenvalue weighted by molar-refractivity contribution is -0.120. The van der Waals surface area contributed by atoms with Gasteiger partial charge in [0.15, 0.2) is 9.84 Å². The number of pyridine rings is 1. The molecule has 0 spiro atoms. The van der Waals surface area contributed by atoms with Gasteiger partial charge in [0.25, 0.3) is 5.56 Å². The van der Waals surface area contributed by atoms with Crippen LogP contribution in [0.4, 0.5) is 10.5 Å². The van der Waals surface area contributed by atoms with E-state index in [1.54, 1.807) is 55.8 Å². The van der Waals surface area contributed by atoms with Crippen LogP contribution in [0.5, 0.6) is 5.75 Å². The number of carbonyl (C=O) groups is 2. The van der Waals surface area contributed by atoms with Crippen molar-refractivity contribution < 1.29 is 22.7 Å². The van der Waals surface area contributed by atoms with Crippen LogP contribution in [0.2, 0.25) is 0 Å². The monoisotopic (exact) mass is 520 g/mol. The molecule has 1 aliphatic heterocycles. The summed E-state index contributed by atoms with van der Waals surface area (Å²) in [7, 11) is -1.87. The summed E-state index contributed by atoms with van der Waals surface area (Å²) in [5.41, 5.74) is 2.77. The Morgan fingerprint density at radius 2 is 1.84 bits per heavy atom. The maximum atomic E-state index is 12.6. The van der Waals surface area contributed by atoms with E-state index in [1.807, 2.05) is 6.07 Å². The maximum Gasteiger partial charge on any atom is 0.328 e. The summed E-state index contributed by atoms with van der Waals surface area (Å²) in [5, 5.41) is 2.95. The van der Waals surface area contributed by atoms with Crippen molar-refractivity contribution in [3.05, 3.63) is 76.8 Å². The standard InChI is InChI=1S/C26H24N4O6S/c1-29-14-21(19-8-10-27-24(19)25(29)32)20-13-18(37(2,34)35)6-7-22(20)36-15-16-4-3-5-17(12-16)30-11-9-23(31)28-26(30)33/h3-8,10,12-14,27H,9,11,15H2,1-2H3,(H,28,31,33). The molecule has 3 amide bonds. The number of H-pyrrole nitrogens is 1. The number of aryl methyl sites for hydroxylation is 1. The number of hydrogen-bond donors (Lipinski definition) is 2. The average Bonchev–Trinajstić information content (AvgIpc) is 3.35. The van der Waals surface area contributed by atoms with Crippen molar-refractivity contribution in [2.24, 2.45) is 7.05 Å². The van der Waals surface area contributed by atoms with E-state index in [4.69, 9.17) is 4.74 Å². The molecular weight excluding hydrogens is 496 g/mol. The quantitative estimate of drug-likeness (QED) is 0.402. The van der Waals surface area contributed by atoms with E-state index in [9.17, 15) is 22.8 Å². The third-order valence-electron chi connectivity index (χ3n) is 6.23. The summed E-state index contributed by atoms with van der Waals surface area (Å²) in [6.07, 6.45) is 4.67. The van der Waals surface area contributed by atoms with Crippen LogP contribution in [0.15, 0.2) is 70.6 Å². The highest BCUT2D eigenvalue weighted by Gasteiger charge is 2.24. The number of benzene rings is 2. The first-order valence-corrected chi connectivity index (χ1v) is 13.4. The van der Waals surface area contributed by atoms with Gasteiger partial charge in [0.2, 0.25) is 5.91 Å². The molecule has 2 N–H and O–H groups in total. The molecule has 0 radical (unpaired) electrons. The Morgan fingerprint density at radius 1 is 1.03 bits per heavy atom. The zero-order valence-electron chi connectivity index (χ0n) is 20.1. The Balaban J connectivity index is 1.51. The summed E-state index contributed by atoms with van der Waals surface area (Å²) < 4.78 is 32.2. The minimum absolute atomic E-state index is 0.125. The van der Waals surface area contributed by atoms with Gasteiger partial charge in [0.1, 0.15) is 17.9 Å². The van der Waals surface area contributed by atoms with Crippen molar-refractivity contribution in [3.63, 3.8) is 0 Å². The van der Waals surface area contributed by atoms with Gasteiger partial charge >= 0.3 is 6.03 Å². The summed E-state index contributed by atoms with van der Waals surface area (Å²) in [5.74, 6) is 0.126. The Morgan fingerprint density at radius 3 is 2.59 bits per heavy atom. The first-order chi connectivity index (χ1) is 17.6. The predicted octanol–water partition coefficient (Wildman–Crippen LogP) is 2.96.